The number of aryl methyl sites for hydroxylation is 1. The Kier molecular flexibility index (Phi) is 4.51. The van der Waals surface area contributed by atoms with Crippen molar-refractivity contribution in [2.75, 3.05) is 12.3 Å². The summed E-state index contributed by atoms with van der Waals surface area (Å²) in [6.45, 7) is 2.09. The molecule has 2 N–H and O–H groups in total. The fraction of sp³-hybridized carbons (Fsp3) is 0.333. The van der Waals surface area contributed by atoms with Gasteiger partial charge >= 0.3 is 5.97 Å². The molecule has 0 aliphatic carbocycles. The molecular weight excluding hydrogens is 206 g/mol. The fourth-order valence-corrected chi connectivity index (χ4v) is 1.38. The molecule has 1 aromatic carbocycles. The molecule has 1 rings (SSSR count). The Morgan fingerprint density at radius 3 is 2.81 bits per heavy atom. The minimum absolute atomic E-state index is 0.339. The number of hydrogen-bond donors (Lipinski definition) is 1. The highest BCUT2D eigenvalue weighted by molar-refractivity contribution is 5.90. The Hall–Kier alpha value is -1.84. The monoisotopic (exact) mass is 221 g/mol. The number of ether oxygens (including phenoxy) is 1. The number of carbonyl (C=O) groups is 2. The summed E-state index contributed by atoms with van der Waals surface area (Å²) in [5, 5.41) is 0. The van der Waals surface area contributed by atoms with Crippen LogP contribution in [0.25, 0.3) is 0 Å². The second-order valence-corrected chi connectivity index (χ2v) is 3.34. The lowest BCUT2D eigenvalue weighted by Crippen LogP contribution is -2.06. The van der Waals surface area contributed by atoms with Crippen molar-refractivity contribution in [3.8, 4) is 0 Å². The summed E-state index contributed by atoms with van der Waals surface area (Å²) in [5.74, 6) is -0.379. The maximum absolute atomic E-state index is 11.4. The molecule has 0 aliphatic rings. The molecular formula is C12H15NO3. The Labute approximate surface area is 94.4 Å². The summed E-state index contributed by atoms with van der Waals surface area (Å²) < 4.78 is 4.85. The molecule has 0 saturated carbocycles. The molecule has 0 amide bonds. The lowest BCUT2D eigenvalue weighted by atomic mass is 10.1. The molecule has 0 fully saturated rings. The maximum atomic E-state index is 11.4. The SMILES string of the molecule is CCOC(=O)c1ccc(CCC=O)c(N)c1. The smallest absolute Gasteiger partial charge is 0.338 e. The number of anilines is 1. The third kappa shape index (κ3) is 3.08. The van der Waals surface area contributed by atoms with E-state index in [0.717, 1.165) is 11.8 Å². The predicted molar refractivity (Wildman–Crippen MR) is 61.2 cm³/mol. The Balaban J connectivity index is 2.81. The van der Waals surface area contributed by atoms with Crippen LogP contribution in [0.1, 0.15) is 29.3 Å². The van der Waals surface area contributed by atoms with Crippen LogP contribution in [0.2, 0.25) is 0 Å². The van der Waals surface area contributed by atoms with Gasteiger partial charge in [-0.05, 0) is 31.0 Å². The summed E-state index contributed by atoms with van der Waals surface area (Å²) in [7, 11) is 0. The van der Waals surface area contributed by atoms with Gasteiger partial charge in [-0.2, -0.15) is 0 Å². The van der Waals surface area contributed by atoms with E-state index in [2.05, 4.69) is 0 Å². The van der Waals surface area contributed by atoms with Gasteiger partial charge in [0.25, 0.3) is 0 Å². The van der Waals surface area contributed by atoms with Gasteiger partial charge < -0.3 is 15.3 Å². The van der Waals surface area contributed by atoms with Gasteiger partial charge in [0.15, 0.2) is 0 Å². The molecule has 0 aliphatic heterocycles. The number of nitrogens with two attached hydrogens (primary N) is 1. The van der Waals surface area contributed by atoms with Crippen LogP contribution in [-0.4, -0.2) is 18.9 Å². The van der Waals surface area contributed by atoms with Crippen LogP contribution in [0, 0.1) is 0 Å². The molecule has 0 unspecified atom stereocenters. The quantitative estimate of drug-likeness (QED) is 0.465. The number of aldehydes is 1. The van der Waals surface area contributed by atoms with Crippen molar-refractivity contribution in [2.45, 2.75) is 19.8 Å². The topological polar surface area (TPSA) is 69.4 Å². The Bertz CT molecular complexity index is 388. The van der Waals surface area contributed by atoms with Crippen molar-refractivity contribution in [1.82, 2.24) is 0 Å². The number of carbonyl (C=O) groups excluding carboxylic acids is 2. The van der Waals surface area contributed by atoms with E-state index in [1.807, 2.05) is 0 Å². The van der Waals surface area contributed by atoms with Gasteiger partial charge in [-0.1, -0.05) is 6.07 Å². The van der Waals surface area contributed by atoms with E-state index in [-0.39, 0.29) is 5.97 Å². The van der Waals surface area contributed by atoms with Crippen LogP contribution in [0.4, 0.5) is 5.69 Å². The van der Waals surface area contributed by atoms with E-state index in [4.69, 9.17) is 10.5 Å². The summed E-state index contributed by atoms with van der Waals surface area (Å²) in [4.78, 5) is 21.6. The molecule has 16 heavy (non-hydrogen) atoms. The van der Waals surface area contributed by atoms with Gasteiger partial charge in [0.1, 0.15) is 6.29 Å². The predicted octanol–water partition coefficient (Wildman–Crippen LogP) is 1.58. The minimum atomic E-state index is -0.379. The zero-order valence-corrected chi connectivity index (χ0v) is 9.23. The third-order valence-electron chi connectivity index (χ3n) is 2.19. The van der Waals surface area contributed by atoms with Crippen molar-refractivity contribution < 1.29 is 14.3 Å². The largest absolute Gasteiger partial charge is 0.462 e. The van der Waals surface area contributed by atoms with E-state index in [1.165, 1.54) is 0 Å². The van der Waals surface area contributed by atoms with Crippen LogP contribution in [0.3, 0.4) is 0 Å². The number of nitrogen functional groups attached to an aromatic ring is 1. The molecule has 86 valence electrons. The van der Waals surface area contributed by atoms with E-state index in [1.54, 1.807) is 25.1 Å². The number of hydrogen-bond acceptors (Lipinski definition) is 4. The van der Waals surface area contributed by atoms with Crippen LogP contribution >= 0.6 is 0 Å². The number of esters is 1. The van der Waals surface area contributed by atoms with Gasteiger partial charge in [0.2, 0.25) is 0 Å². The second kappa shape index (κ2) is 5.90. The molecule has 0 atom stereocenters. The molecule has 0 bridgehead atoms. The standard InChI is InChI=1S/C12H15NO3/c1-2-16-12(15)10-6-5-9(4-3-7-14)11(13)8-10/h5-8H,2-4,13H2,1H3. The Morgan fingerprint density at radius 1 is 1.50 bits per heavy atom. The lowest BCUT2D eigenvalue weighted by molar-refractivity contribution is -0.107. The summed E-state index contributed by atoms with van der Waals surface area (Å²) in [5.41, 5.74) is 7.61. The number of benzene rings is 1. The van der Waals surface area contributed by atoms with E-state index in [9.17, 15) is 9.59 Å². The summed E-state index contributed by atoms with van der Waals surface area (Å²) >= 11 is 0. The molecule has 0 heterocycles. The van der Waals surface area contributed by atoms with Crippen molar-refractivity contribution in [1.29, 1.82) is 0 Å². The van der Waals surface area contributed by atoms with Crippen molar-refractivity contribution in [2.24, 2.45) is 0 Å². The van der Waals surface area contributed by atoms with Gasteiger partial charge in [-0.25, -0.2) is 4.79 Å². The molecule has 0 aromatic heterocycles. The first-order chi connectivity index (χ1) is 7.69. The fourth-order valence-electron chi connectivity index (χ4n) is 1.38. The molecule has 0 radical (unpaired) electrons. The zero-order valence-electron chi connectivity index (χ0n) is 9.23. The highest BCUT2D eigenvalue weighted by atomic mass is 16.5. The van der Waals surface area contributed by atoms with Gasteiger partial charge in [0, 0.05) is 12.1 Å². The second-order valence-electron chi connectivity index (χ2n) is 3.34. The highest BCUT2D eigenvalue weighted by Gasteiger charge is 2.08. The highest BCUT2D eigenvalue weighted by Crippen LogP contribution is 2.16. The van der Waals surface area contributed by atoms with Crippen LogP contribution in [-0.2, 0) is 16.0 Å². The Morgan fingerprint density at radius 2 is 2.25 bits per heavy atom. The zero-order chi connectivity index (χ0) is 12.0. The molecule has 4 nitrogen and oxygen atoms in total. The lowest BCUT2D eigenvalue weighted by Gasteiger charge is -2.06. The van der Waals surface area contributed by atoms with Crippen molar-refractivity contribution >= 4 is 17.9 Å². The van der Waals surface area contributed by atoms with Gasteiger partial charge in [0.05, 0.1) is 12.2 Å². The van der Waals surface area contributed by atoms with Gasteiger partial charge in [-0.3, -0.25) is 0 Å². The average molecular weight is 221 g/mol. The molecule has 0 saturated heterocycles. The van der Waals surface area contributed by atoms with Gasteiger partial charge in [-0.15, -0.1) is 0 Å². The maximum Gasteiger partial charge on any atom is 0.338 e. The molecule has 1 aromatic rings. The molecule has 0 spiro atoms. The van der Waals surface area contributed by atoms with Crippen LogP contribution in [0.15, 0.2) is 18.2 Å². The summed E-state index contributed by atoms with van der Waals surface area (Å²) in [6, 6.07) is 5.00. The van der Waals surface area contributed by atoms with E-state index >= 15 is 0 Å². The van der Waals surface area contributed by atoms with E-state index < -0.39 is 0 Å². The summed E-state index contributed by atoms with van der Waals surface area (Å²) in [6.07, 6.45) is 1.88. The van der Waals surface area contributed by atoms with Crippen LogP contribution in [0.5, 0.6) is 0 Å². The minimum Gasteiger partial charge on any atom is -0.462 e. The molecule has 4 heteroatoms. The third-order valence-corrected chi connectivity index (χ3v) is 2.19. The number of rotatable bonds is 5. The first-order valence-corrected chi connectivity index (χ1v) is 5.18. The first kappa shape index (κ1) is 12.2. The normalized spacial score (nSPS) is 9.81. The average Bonchev–Trinajstić information content (AvgIpc) is 2.27. The first-order valence-electron chi connectivity index (χ1n) is 5.18. The van der Waals surface area contributed by atoms with Crippen molar-refractivity contribution in [3.05, 3.63) is 29.3 Å². The van der Waals surface area contributed by atoms with Crippen molar-refractivity contribution in [3.63, 3.8) is 0 Å². The van der Waals surface area contributed by atoms with Crippen LogP contribution < -0.4 is 5.73 Å². The van der Waals surface area contributed by atoms with E-state index in [0.29, 0.717) is 30.7 Å².